The van der Waals surface area contributed by atoms with Gasteiger partial charge in [-0.2, -0.15) is 0 Å². The number of benzene rings is 2. The average molecular weight is 536 g/mol. The number of fused-ring (bicyclic) bond motifs is 1. The average Bonchev–Trinajstić information content (AvgIpc) is 3.33. The van der Waals surface area contributed by atoms with Gasteiger partial charge in [-0.3, -0.25) is 4.79 Å². The minimum absolute atomic E-state index is 0.0895. The monoisotopic (exact) mass is 535 g/mol. The lowest BCUT2D eigenvalue weighted by molar-refractivity contribution is -0.139. The van der Waals surface area contributed by atoms with Crippen molar-refractivity contribution in [3.8, 4) is 11.5 Å². The van der Waals surface area contributed by atoms with E-state index in [4.69, 9.17) is 19.2 Å². The van der Waals surface area contributed by atoms with Crippen molar-refractivity contribution >= 4 is 34.5 Å². The predicted octanol–water partition coefficient (Wildman–Crippen LogP) is 5.14. The Labute approximate surface area is 227 Å². The third-order valence-electron chi connectivity index (χ3n) is 6.13. The minimum Gasteiger partial charge on any atom is -0.493 e. The molecule has 2 aliphatic heterocycles. The fraction of sp³-hybridized carbons (Fsp3) is 0.345. The molecule has 0 saturated carbocycles. The number of esters is 1. The molecule has 9 heteroatoms. The van der Waals surface area contributed by atoms with Crippen LogP contribution in [0.1, 0.15) is 44.4 Å². The van der Waals surface area contributed by atoms with Crippen molar-refractivity contribution in [1.82, 2.24) is 10.2 Å². The molecular formula is C29H33N3O5S. The van der Waals surface area contributed by atoms with Crippen LogP contribution in [0.2, 0.25) is 0 Å². The molecule has 200 valence electrons. The van der Waals surface area contributed by atoms with E-state index in [0.29, 0.717) is 40.4 Å². The number of thioether (sulfide) groups is 1. The molecule has 8 nitrogen and oxygen atoms in total. The fourth-order valence-electron chi connectivity index (χ4n) is 4.37. The second-order valence-electron chi connectivity index (χ2n) is 9.23. The van der Waals surface area contributed by atoms with Gasteiger partial charge in [-0.25, -0.2) is 9.79 Å². The molecule has 0 bridgehead atoms. The molecule has 0 aliphatic carbocycles. The number of carbonyl (C=O) groups excluding carboxylic acids is 2. The summed E-state index contributed by atoms with van der Waals surface area (Å²) in [5, 5.41) is 5.60. The lowest BCUT2D eigenvalue weighted by atomic mass is 9.91. The molecule has 0 fully saturated rings. The summed E-state index contributed by atoms with van der Waals surface area (Å²) in [5.41, 5.74) is 3.27. The number of aliphatic imine (C=N–C) groups is 1. The normalized spacial score (nSPS) is 16.6. The number of nitrogens with zero attached hydrogens (tertiary/aromatic N) is 2. The minimum atomic E-state index is -0.601. The first-order valence-electron chi connectivity index (χ1n) is 12.6. The van der Waals surface area contributed by atoms with Gasteiger partial charge in [0, 0.05) is 17.8 Å². The predicted molar refractivity (Wildman–Crippen MR) is 150 cm³/mol. The van der Waals surface area contributed by atoms with Gasteiger partial charge in [0.15, 0.2) is 16.7 Å². The zero-order valence-corrected chi connectivity index (χ0v) is 23.1. The SMILES string of the molecule is CCOC(=O)C1=C(c2ccccc2)N=C2SC=C(CC(=O)NCC(C)C)N2[C@@H]1c1ccc(OC)c(OC)c1. The first kappa shape index (κ1) is 27.3. The summed E-state index contributed by atoms with van der Waals surface area (Å²) in [6.45, 7) is 6.68. The number of nitrogens with one attached hydrogen (secondary N) is 1. The standard InChI is InChI=1S/C29H33N3O5S/c1-6-37-28(34)25-26(19-10-8-7-9-11-19)31-29-32(21(17-38-29)15-24(33)30-16-18(2)3)27(25)20-12-13-22(35-4)23(14-20)36-5/h7-14,17-18,27H,6,15-16H2,1-5H3,(H,30,33)/t27-/m1/s1. The second-order valence-corrected chi connectivity index (χ2v) is 10.1. The van der Waals surface area contributed by atoms with Crippen LogP contribution in [0.5, 0.6) is 11.5 Å². The highest BCUT2D eigenvalue weighted by Gasteiger charge is 2.42. The number of methoxy groups -OCH3 is 2. The highest BCUT2D eigenvalue weighted by molar-refractivity contribution is 8.16. The van der Waals surface area contributed by atoms with Crippen LogP contribution in [-0.2, 0) is 14.3 Å². The summed E-state index contributed by atoms with van der Waals surface area (Å²) >= 11 is 1.43. The number of hydrogen-bond acceptors (Lipinski definition) is 8. The molecule has 2 aromatic rings. The number of carbonyl (C=O) groups is 2. The van der Waals surface area contributed by atoms with Gasteiger partial charge in [-0.15, -0.1) is 0 Å². The third-order valence-corrected chi connectivity index (χ3v) is 7.01. The topological polar surface area (TPSA) is 89.5 Å². The van der Waals surface area contributed by atoms with E-state index < -0.39 is 12.0 Å². The van der Waals surface area contributed by atoms with Gasteiger partial charge in [0.05, 0.1) is 44.6 Å². The van der Waals surface area contributed by atoms with Crippen molar-refractivity contribution in [2.24, 2.45) is 10.9 Å². The van der Waals surface area contributed by atoms with E-state index in [2.05, 4.69) is 19.2 Å². The number of rotatable bonds is 10. The van der Waals surface area contributed by atoms with Crippen LogP contribution in [0.3, 0.4) is 0 Å². The van der Waals surface area contributed by atoms with Crippen molar-refractivity contribution < 1.29 is 23.8 Å². The van der Waals surface area contributed by atoms with Crippen LogP contribution in [-0.4, -0.2) is 49.3 Å². The molecule has 1 atom stereocenters. The number of amides is 1. The number of amidine groups is 1. The summed E-state index contributed by atoms with van der Waals surface area (Å²) in [6.07, 6.45) is 0.152. The Hall–Kier alpha value is -3.72. The maximum absolute atomic E-state index is 13.6. The Morgan fingerprint density at radius 2 is 1.82 bits per heavy atom. The fourth-order valence-corrected chi connectivity index (χ4v) is 5.29. The Morgan fingerprint density at radius 1 is 1.08 bits per heavy atom. The quantitative estimate of drug-likeness (QED) is 0.421. The van der Waals surface area contributed by atoms with Gasteiger partial charge in [0.1, 0.15) is 0 Å². The molecule has 1 N–H and O–H groups in total. The second kappa shape index (κ2) is 12.2. The summed E-state index contributed by atoms with van der Waals surface area (Å²) in [4.78, 5) is 33.3. The molecule has 0 spiro atoms. The van der Waals surface area contributed by atoms with Crippen LogP contribution in [0, 0.1) is 5.92 Å². The first-order chi connectivity index (χ1) is 18.4. The van der Waals surface area contributed by atoms with Crippen molar-refractivity contribution in [1.29, 1.82) is 0 Å². The van der Waals surface area contributed by atoms with E-state index in [-0.39, 0.29) is 18.9 Å². The van der Waals surface area contributed by atoms with E-state index >= 15 is 0 Å². The van der Waals surface area contributed by atoms with Crippen molar-refractivity contribution in [2.45, 2.75) is 33.2 Å². The van der Waals surface area contributed by atoms with Crippen LogP contribution in [0.4, 0.5) is 0 Å². The molecular weight excluding hydrogens is 502 g/mol. The first-order valence-corrected chi connectivity index (χ1v) is 13.4. The Morgan fingerprint density at radius 3 is 2.47 bits per heavy atom. The molecule has 0 radical (unpaired) electrons. The smallest absolute Gasteiger partial charge is 0.338 e. The van der Waals surface area contributed by atoms with Gasteiger partial charge < -0.3 is 24.4 Å². The molecule has 0 saturated heterocycles. The molecule has 0 unspecified atom stereocenters. The largest absolute Gasteiger partial charge is 0.493 e. The Kier molecular flexibility index (Phi) is 8.78. The summed E-state index contributed by atoms with van der Waals surface area (Å²) < 4.78 is 16.6. The zero-order valence-electron chi connectivity index (χ0n) is 22.3. The van der Waals surface area contributed by atoms with Crippen molar-refractivity contribution in [2.75, 3.05) is 27.4 Å². The van der Waals surface area contributed by atoms with Crippen molar-refractivity contribution in [3.05, 3.63) is 76.3 Å². The van der Waals surface area contributed by atoms with Gasteiger partial charge >= 0.3 is 5.97 Å². The molecule has 38 heavy (non-hydrogen) atoms. The van der Waals surface area contributed by atoms with E-state index in [9.17, 15) is 9.59 Å². The van der Waals surface area contributed by atoms with Crippen molar-refractivity contribution in [3.63, 3.8) is 0 Å². The van der Waals surface area contributed by atoms with Gasteiger partial charge in [0.25, 0.3) is 0 Å². The van der Waals surface area contributed by atoms with Gasteiger partial charge in [-0.05, 0) is 35.9 Å². The summed E-state index contributed by atoms with van der Waals surface area (Å²) in [5.74, 6) is 0.892. The molecule has 2 aliphatic rings. The molecule has 2 heterocycles. The Balaban J connectivity index is 1.87. The summed E-state index contributed by atoms with van der Waals surface area (Å²) in [6, 6.07) is 14.6. The number of ether oxygens (including phenoxy) is 3. The van der Waals surface area contributed by atoms with E-state index in [1.807, 2.05) is 58.8 Å². The van der Waals surface area contributed by atoms with E-state index in [1.165, 1.54) is 11.8 Å². The third kappa shape index (κ3) is 5.72. The van der Waals surface area contributed by atoms with E-state index in [0.717, 1.165) is 16.8 Å². The molecule has 1 amide bonds. The summed E-state index contributed by atoms with van der Waals surface area (Å²) in [7, 11) is 3.15. The lowest BCUT2D eigenvalue weighted by Gasteiger charge is -2.37. The molecule has 4 rings (SSSR count). The van der Waals surface area contributed by atoms with Crippen LogP contribution in [0.25, 0.3) is 5.70 Å². The molecule has 0 aromatic heterocycles. The van der Waals surface area contributed by atoms with Crippen LogP contribution < -0.4 is 14.8 Å². The number of hydrogen-bond donors (Lipinski definition) is 1. The van der Waals surface area contributed by atoms with Crippen LogP contribution >= 0.6 is 11.8 Å². The van der Waals surface area contributed by atoms with Gasteiger partial charge in [-0.1, -0.05) is 62.0 Å². The van der Waals surface area contributed by atoms with Crippen LogP contribution in [0.15, 0.2) is 70.2 Å². The van der Waals surface area contributed by atoms with Gasteiger partial charge in [0.2, 0.25) is 5.91 Å². The lowest BCUT2D eigenvalue weighted by Crippen LogP contribution is -2.38. The Bertz CT molecular complexity index is 1290. The maximum atomic E-state index is 13.6. The molecule has 2 aromatic carbocycles. The highest BCUT2D eigenvalue weighted by atomic mass is 32.2. The van der Waals surface area contributed by atoms with E-state index in [1.54, 1.807) is 21.1 Å². The highest BCUT2D eigenvalue weighted by Crippen LogP contribution is 2.48. The maximum Gasteiger partial charge on any atom is 0.338 e. The zero-order chi connectivity index (χ0) is 27.2.